The Hall–Kier alpha value is -2.57. The van der Waals surface area contributed by atoms with Crippen LogP contribution in [0.2, 0.25) is 0 Å². The molecule has 7 heteroatoms. The van der Waals surface area contributed by atoms with Crippen LogP contribution < -0.4 is 0 Å². The first kappa shape index (κ1) is 21.7. The first-order chi connectivity index (χ1) is 14.5. The molecule has 0 aliphatic heterocycles. The molecule has 0 amide bonds. The molecular formula is C24H30O7. The molecule has 1 fully saturated rings. The molecule has 3 aliphatic rings. The van der Waals surface area contributed by atoms with Crippen molar-refractivity contribution < 1.29 is 33.4 Å². The van der Waals surface area contributed by atoms with E-state index < -0.39 is 22.2 Å². The van der Waals surface area contributed by atoms with E-state index in [4.69, 9.17) is 13.9 Å². The SMILES string of the molecule is CC(=O)OCC1(C)C(=O)C(O)=CC2(C)C1CCC1(COC(C)=O)c3cocc3CCC12. The minimum atomic E-state index is -1.02. The van der Waals surface area contributed by atoms with Crippen LogP contribution in [0, 0.1) is 22.7 Å². The lowest BCUT2D eigenvalue weighted by molar-refractivity contribution is -0.163. The highest BCUT2D eigenvalue weighted by Gasteiger charge is 2.65. The van der Waals surface area contributed by atoms with E-state index in [1.165, 1.54) is 13.8 Å². The Balaban J connectivity index is 1.82. The van der Waals surface area contributed by atoms with Crippen molar-refractivity contribution in [2.24, 2.45) is 22.7 Å². The van der Waals surface area contributed by atoms with Crippen molar-refractivity contribution in [2.45, 2.75) is 58.8 Å². The molecule has 5 atom stereocenters. The maximum atomic E-state index is 13.1. The summed E-state index contributed by atoms with van der Waals surface area (Å²) < 4.78 is 16.4. The molecular weight excluding hydrogens is 400 g/mol. The van der Waals surface area contributed by atoms with Gasteiger partial charge in [-0.3, -0.25) is 14.4 Å². The summed E-state index contributed by atoms with van der Waals surface area (Å²) in [5.74, 6) is -1.58. The van der Waals surface area contributed by atoms with Crippen LogP contribution in [-0.4, -0.2) is 36.0 Å². The summed E-state index contributed by atoms with van der Waals surface area (Å²) in [4.78, 5) is 36.3. The lowest BCUT2D eigenvalue weighted by atomic mass is 9.41. The Bertz CT molecular complexity index is 959. The number of aryl methyl sites for hydroxylation is 1. The highest BCUT2D eigenvalue weighted by Crippen LogP contribution is 2.65. The minimum absolute atomic E-state index is 0.00935. The summed E-state index contributed by atoms with van der Waals surface area (Å²) in [5, 5.41) is 10.7. The number of aliphatic hydroxyl groups excluding tert-OH is 1. The fraction of sp³-hybridized carbons (Fsp3) is 0.625. The van der Waals surface area contributed by atoms with E-state index >= 15 is 0 Å². The summed E-state index contributed by atoms with van der Waals surface area (Å²) in [7, 11) is 0. The van der Waals surface area contributed by atoms with Crippen molar-refractivity contribution in [1.82, 2.24) is 0 Å². The summed E-state index contributed by atoms with van der Waals surface area (Å²) in [5.41, 5.74) is 0.130. The third-order valence-corrected chi connectivity index (χ3v) is 8.11. The van der Waals surface area contributed by atoms with Crippen LogP contribution in [0.3, 0.4) is 0 Å². The Labute approximate surface area is 181 Å². The largest absolute Gasteiger partial charge is 0.505 e. The van der Waals surface area contributed by atoms with Gasteiger partial charge in [0, 0.05) is 24.8 Å². The molecule has 4 rings (SSSR count). The standard InChI is InChI=1S/C24H30O7/c1-14(25)30-12-23(4)19-7-8-24(13-31-15(2)26)17-11-29-10-16(17)5-6-20(24)22(19,3)9-18(27)21(23)28/h9-11,19-20,27H,5-8,12-13H2,1-4H3. The van der Waals surface area contributed by atoms with E-state index in [1.54, 1.807) is 25.5 Å². The van der Waals surface area contributed by atoms with Crippen LogP contribution in [0.5, 0.6) is 0 Å². The van der Waals surface area contributed by atoms with Gasteiger partial charge in [-0.1, -0.05) is 6.92 Å². The topological polar surface area (TPSA) is 103 Å². The van der Waals surface area contributed by atoms with Gasteiger partial charge in [-0.15, -0.1) is 0 Å². The first-order valence-electron chi connectivity index (χ1n) is 10.8. The summed E-state index contributed by atoms with van der Waals surface area (Å²) >= 11 is 0. The van der Waals surface area contributed by atoms with Gasteiger partial charge < -0.3 is 19.0 Å². The van der Waals surface area contributed by atoms with Crippen molar-refractivity contribution in [2.75, 3.05) is 13.2 Å². The van der Waals surface area contributed by atoms with Gasteiger partial charge in [0.05, 0.1) is 17.9 Å². The molecule has 1 saturated carbocycles. The average Bonchev–Trinajstić information content (AvgIpc) is 3.19. The lowest BCUT2D eigenvalue weighted by Gasteiger charge is -2.62. The molecule has 1 aromatic heterocycles. The Kier molecular flexibility index (Phi) is 5.06. The predicted molar refractivity (Wildman–Crippen MR) is 110 cm³/mol. The zero-order valence-corrected chi connectivity index (χ0v) is 18.5. The number of esters is 2. The van der Waals surface area contributed by atoms with Crippen molar-refractivity contribution in [3.63, 3.8) is 0 Å². The van der Waals surface area contributed by atoms with E-state index in [9.17, 15) is 19.5 Å². The lowest BCUT2D eigenvalue weighted by Crippen LogP contribution is -2.62. The van der Waals surface area contributed by atoms with Gasteiger partial charge in [-0.2, -0.15) is 0 Å². The van der Waals surface area contributed by atoms with Gasteiger partial charge >= 0.3 is 11.9 Å². The van der Waals surface area contributed by atoms with Crippen molar-refractivity contribution in [3.05, 3.63) is 35.5 Å². The highest BCUT2D eigenvalue weighted by molar-refractivity contribution is 5.99. The zero-order chi connectivity index (χ0) is 22.6. The zero-order valence-electron chi connectivity index (χ0n) is 18.5. The molecule has 0 spiro atoms. The number of Topliss-reactive ketones (excluding diaryl/α,β-unsaturated/α-hetero) is 1. The predicted octanol–water partition coefficient (Wildman–Crippen LogP) is 3.65. The summed E-state index contributed by atoms with van der Waals surface area (Å²) in [6.07, 6.45) is 8.20. The number of ketones is 1. The Morgan fingerprint density at radius 2 is 1.77 bits per heavy atom. The van der Waals surface area contributed by atoms with E-state index in [1.807, 2.05) is 0 Å². The fourth-order valence-corrected chi connectivity index (χ4v) is 6.80. The van der Waals surface area contributed by atoms with Gasteiger partial charge in [0.25, 0.3) is 0 Å². The van der Waals surface area contributed by atoms with Gasteiger partial charge in [0.1, 0.15) is 13.2 Å². The number of hydrogen-bond acceptors (Lipinski definition) is 7. The molecule has 0 bridgehead atoms. The fourth-order valence-electron chi connectivity index (χ4n) is 6.80. The molecule has 168 valence electrons. The molecule has 1 heterocycles. The van der Waals surface area contributed by atoms with E-state index in [2.05, 4.69) is 6.92 Å². The Morgan fingerprint density at radius 1 is 1.10 bits per heavy atom. The third kappa shape index (κ3) is 3.12. The molecule has 3 aliphatic carbocycles. The average molecular weight is 430 g/mol. The number of aliphatic hydroxyl groups is 1. The van der Waals surface area contributed by atoms with Gasteiger partial charge in [-0.05, 0) is 61.5 Å². The summed E-state index contributed by atoms with van der Waals surface area (Å²) in [6.45, 7) is 6.74. The van der Waals surface area contributed by atoms with E-state index in [0.29, 0.717) is 12.8 Å². The number of allylic oxidation sites excluding steroid dienone is 2. The second-order valence-corrected chi connectivity index (χ2v) is 9.85. The second kappa shape index (κ2) is 7.24. The van der Waals surface area contributed by atoms with Crippen molar-refractivity contribution in [1.29, 1.82) is 0 Å². The van der Waals surface area contributed by atoms with Crippen LogP contribution in [0.1, 0.15) is 58.1 Å². The number of carbonyl (C=O) groups is 3. The number of carbonyl (C=O) groups excluding carboxylic acids is 3. The number of ether oxygens (including phenoxy) is 2. The van der Waals surface area contributed by atoms with Crippen molar-refractivity contribution in [3.8, 4) is 0 Å². The van der Waals surface area contributed by atoms with Crippen molar-refractivity contribution >= 4 is 17.7 Å². The van der Waals surface area contributed by atoms with Crippen LogP contribution >= 0.6 is 0 Å². The van der Waals surface area contributed by atoms with Crippen LogP contribution in [0.15, 0.2) is 28.8 Å². The van der Waals surface area contributed by atoms with Gasteiger partial charge in [0.2, 0.25) is 5.78 Å². The second-order valence-electron chi connectivity index (χ2n) is 9.85. The van der Waals surface area contributed by atoms with Crippen LogP contribution in [-0.2, 0) is 35.7 Å². The maximum Gasteiger partial charge on any atom is 0.302 e. The molecule has 7 nitrogen and oxygen atoms in total. The molecule has 0 saturated heterocycles. The molecule has 0 radical (unpaired) electrons. The minimum Gasteiger partial charge on any atom is -0.505 e. The van der Waals surface area contributed by atoms with Crippen LogP contribution in [0.25, 0.3) is 0 Å². The Morgan fingerprint density at radius 3 is 2.45 bits per heavy atom. The molecule has 1 N–H and O–H groups in total. The smallest absolute Gasteiger partial charge is 0.302 e. The van der Waals surface area contributed by atoms with Gasteiger partial charge in [0.15, 0.2) is 5.76 Å². The monoisotopic (exact) mass is 430 g/mol. The normalized spacial score (nSPS) is 36.5. The van der Waals surface area contributed by atoms with E-state index in [-0.39, 0.29) is 42.6 Å². The van der Waals surface area contributed by atoms with E-state index in [0.717, 1.165) is 24.0 Å². The summed E-state index contributed by atoms with van der Waals surface area (Å²) in [6, 6.07) is 0. The highest BCUT2D eigenvalue weighted by atomic mass is 16.5. The molecule has 0 aromatic carbocycles. The number of rotatable bonds is 4. The molecule has 1 aromatic rings. The maximum absolute atomic E-state index is 13.1. The van der Waals surface area contributed by atoms with Crippen LogP contribution in [0.4, 0.5) is 0 Å². The molecule has 31 heavy (non-hydrogen) atoms. The number of furan rings is 1. The van der Waals surface area contributed by atoms with Gasteiger partial charge in [-0.25, -0.2) is 0 Å². The quantitative estimate of drug-likeness (QED) is 0.727. The number of fused-ring (bicyclic) bond motifs is 5. The first-order valence-corrected chi connectivity index (χ1v) is 10.8. The number of hydrogen-bond donors (Lipinski definition) is 1. The third-order valence-electron chi connectivity index (χ3n) is 8.11. The molecule has 5 unspecified atom stereocenters.